The number of ether oxygens (including phenoxy) is 1. The van der Waals surface area contributed by atoms with E-state index in [1.54, 1.807) is 23.2 Å². The molecule has 2 saturated heterocycles. The Kier molecular flexibility index (Phi) is 23.6. The van der Waals surface area contributed by atoms with Crippen LogP contribution in [0, 0.1) is 22.5 Å². The fraction of sp³-hybridized carbons (Fsp3) is 0.410. The van der Waals surface area contributed by atoms with Crippen molar-refractivity contribution in [3.63, 3.8) is 0 Å². The maximum absolute atomic E-state index is 14.4. The van der Waals surface area contributed by atoms with Gasteiger partial charge < -0.3 is 34.5 Å². The summed E-state index contributed by atoms with van der Waals surface area (Å²) in [5.41, 5.74) is 9.32. The van der Waals surface area contributed by atoms with Crippen LogP contribution in [0.1, 0.15) is 148 Å². The predicted octanol–water partition coefficient (Wildman–Crippen LogP) is 15.5. The first kappa shape index (κ1) is 71.7. The van der Waals surface area contributed by atoms with Crippen molar-refractivity contribution in [2.24, 2.45) is 10.8 Å². The van der Waals surface area contributed by atoms with Gasteiger partial charge in [0.25, 0.3) is 23.6 Å². The van der Waals surface area contributed by atoms with E-state index in [4.69, 9.17) is 4.74 Å². The summed E-state index contributed by atoms with van der Waals surface area (Å²) in [5, 5.41) is 30.8. The second-order valence-electron chi connectivity index (χ2n) is 28.6. The normalized spacial score (nSPS) is 15.8. The molecular formula is C78H92F2N10O7S2. The lowest BCUT2D eigenvalue weighted by Crippen LogP contribution is -2.47. The molecule has 2 atom stereocenters. The van der Waals surface area contributed by atoms with Gasteiger partial charge in [-0.25, -0.2) is 18.7 Å². The number of aromatic nitrogens is 2. The highest BCUT2D eigenvalue weighted by Gasteiger charge is 2.41. The number of carbonyl (C=O) groups excluding carboxylic acids is 4. The van der Waals surface area contributed by atoms with Crippen LogP contribution in [-0.2, 0) is 27.4 Å². The average Bonchev–Trinajstić information content (AvgIpc) is 1.61. The van der Waals surface area contributed by atoms with E-state index in [1.807, 2.05) is 36.4 Å². The molecule has 8 aromatic rings. The smallest absolute Gasteiger partial charge is 0.255 e. The molecule has 2 fully saturated rings. The molecule has 4 aliphatic rings. The van der Waals surface area contributed by atoms with Gasteiger partial charge in [0.2, 0.25) is 0 Å². The minimum atomic E-state index is -1.27. The number of anilines is 4. The number of amides is 4. The molecule has 99 heavy (non-hydrogen) atoms. The Labute approximate surface area is 588 Å². The van der Waals surface area contributed by atoms with Crippen molar-refractivity contribution in [2.45, 2.75) is 118 Å². The number of phenolic OH excluding ortho intramolecular Hbond substituents is 2. The third-order valence-electron chi connectivity index (χ3n) is 19.0. The maximum Gasteiger partial charge on any atom is 0.255 e. The van der Waals surface area contributed by atoms with Crippen molar-refractivity contribution >= 4 is 67.9 Å². The molecule has 0 spiro atoms. The third-order valence-corrected chi connectivity index (χ3v) is 20.3. The molecule has 12 rings (SSSR count). The Morgan fingerprint density at radius 2 is 0.919 bits per heavy atom. The standard InChI is InChI=1S/C41H50FN5O3S.C37H42FN5O4S/c1-41(2,3)18-8-6-4-5-7-9-20-45-21-23-46(24-22-45)33-15-12-29(13-16-33)30-10-11-31-28-47(39(50)34(31)26-30)37(35-27-32(42)14-17-36(35)48)38(49)44-40-43-19-25-51-40;1-37(2,3)12-19-47-20-18-41-14-16-42(17-15-41)29-9-6-25(7-10-29)26-4-5-27-24-43(35(46)30(27)22-26)33(31-23-28(38)8-11-32(31)44)34(45)40-36-39-13-21-48-36/h10-17,19,25-27,37,48H,4-9,18,20-24,28H2,1-3H3,(H,43,44,49);4-11,13,21-23,33,44H,12,14-20,24H2,1-3H3,(H,39,40,45). The molecular weight excluding hydrogens is 1290 g/mol. The highest BCUT2D eigenvalue weighted by molar-refractivity contribution is 7.14. The monoisotopic (exact) mass is 1380 g/mol. The Bertz CT molecular complexity index is 4040. The molecule has 6 heterocycles. The molecule has 4 N–H and O–H groups in total. The summed E-state index contributed by atoms with van der Waals surface area (Å²) in [6.07, 6.45) is 13.5. The van der Waals surface area contributed by atoms with Crippen molar-refractivity contribution < 1.29 is 42.9 Å². The van der Waals surface area contributed by atoms with Gasteiger partial charge in [-0.2, -0.15) is 0 Å². The number of halogens is 2. The van der Waals surface area contributed by atoms with Gasteiger partial charge >= 0.3 is 0 Å². The molecule has 0 saturated carbocycles. The van der Waals surface area contributed by atoms with Crippen LogP contribution in [0.3, 0.4) is 0 Å². The van der Waals surface area contributed by atoms with E-state index >= 15 is 0 Å². The zero-order chi connectivity index (χ0) is 69.8. The second kappa shape index (κ2) is 32.6. The van der Waals surface area contributed by atoms with E-state index in [0.29, 0.717) is 32.2 Å². The number of aromatic hydroxyl groups is 2. The van der Waals surface area contributed by atoms with Crippen LogP contribution in [0.5, 0.6) is 11.5 Å². The van der Waals surface area contributed by atoms with Crippen LogP contribution in [-0.4, -0.2) is 142 Å². The van der Waals surface area contributed by atoms with Gasteiger partial charge in [-0.15, -0.1) is 22.7 Å². The number of rotatable bonds is 25. The topological polar surface area (TPSA) is 187 Å². The van der Waals surface area contributed by atoms with Crippen LogP contribution in [0.4, 0.5) is 30.4 Å². The number of piperazine rings is 2. The number of benzene rings is 6. The van der Waals surface area contributed by atoms with E-state index in [1.165, 1.54) is 102 Å². The van der Waals surface area contributed by atoms with Crippen molar-refractivity contribution in [2.75, 3.05) is 99.1 Å². The first-order valence-electron chi connectivity index (χ1n) is 34.6. The first-order valence-corrected chi connectivity index (χ1v) is 36.4. The van der Waals surface area contributed by atoms with E-state index in [2.05, 4.69) is 130 Å². The van der Waals surface area contributed by atoms with Gasteiger partial charge in [-0.3, -0.25) is 39.6 Å². The Morgan fingerprint density at radius 3 is 1.34 bits per heavy atom. The van der Waals surface area contributed by atoms with Crippen molar-refractivity contribution in [1.82, 2.24) is 29.6 Å². The van der Waals surface area contributed by atoms with Crippen LogP contribution in [0.2, 0.25) is 0 Å². The molecule has 2 unspecified atom stereocenters. The summed E-state index contributed by atoms with van der Waals surface area (Å²) in [4.78, 5) is 75.7. The molecule has 17 nitrogen and oxygen atoms in total. The fourth-order valence-corrected chi connectivity index (χ4v) is 14.4. The molecule has 522 valence electrons. The zero-order valence-electron chi connectivity index (χ0n) is 57.7. The molecule has 2 aromatic heterocycles. The number of hydrogen-bond donors (Lipinski definition) is 4. The lowest BCUT2D eigenvalue weighted by atomic mass is 9.89. The minimum absolute atomic E-state index is 0.00582. The van der Waals surface area contributed by atoms with E-state index in [-0.39, 0.29) is 47.5 Å². The molecule has 0 bridgehead atoms. The summed E-state index contributed by atoms with van der Waals surface area (Å²) in [6, 6.07) is 32.6. The van der Waals surface area contributed by atoms with Gasteiger partial charge in [0, 0.05) is 135 Å². The van der Waals surface area contributed by atoms with Crippen LogP contribution < -0.4 is 20.4 Å². The summed E-state index contributed by atoms with van der Waals surface area (Å²) in [5.74, 6) is -3.69. The zero-order valence-corrected chi connectivity index (χ0v) is 59.3. The van der Waals surface area contributed by atoms with Gasteiger partial charge in [0.15, 0.2) is 10.3 Å². The van der Waals surface area contributed by atoms with Crippen LogP contribution >= 0.6 is 22.7 Å². The third kappa shape index (κ3) is 18.8. The van der Waals surface area contributed by atoms with Crippen LogP contribution in [0.15, 0.2) is 144 Å². The van der Waals surface area contributed by atoms with E-state index in [9.17, 15) is 38.2 Å². The van der Waals surface area contributed by atoms with Crippen molar-refractivity contribution in [3.05, 3.63) is 189 Å². The minimum Gasteiger partial charge on any atom is -0.508 e. The second-order valence-corrected chi connectivity index (χ2v) is 30.4. The molecule has 0 aliphatic carbocycles. The molecule has 21 heteroatoms. The fourth-order valence-electron chi connectivity index (χ4n) is 13.3. The number of hydrogen-bond acceptors (Lipinski definition) is 15. The number of carbonyl (C=O) groups is 4. The first-order chi connectivity index (χ1) is 47.6. The largest absolute Gasteiger partial charge is 0.508 e. The van der Waals surface area contributed by atoms with E-state index < -0.39 is 35.5 Å². The highest BCUT2D eigenvalue weighted by Crippen LogP contribution is 2.41. The number of unbranched alkanes of at least 4 members (excludes halogenated alkanes) is 5. The number of phenols is 2. The van der Waals surface area contributed by atoms with Gasteiger partial charge in [0.05, 0.1) is 6.61 Å². The molecule has 4 aliphatic heterocycles. The number of nitrogens with zero attached hydrogens (tertiary/aromatic N) is 8. The quantitative estimate of drug-likeness (QED) is 0.0396. The SMILES string of the molecule is CC(C)(C)CCCCCCCCN1CCN(c2ccc(-c3ccc4c(c3)C(=O)N(C(C(=O)Nc3nccs3)c3cc(F)ccc3O)C4)cc2)CC1.CC(C)(C)CCOCCN1CCN(c2ccc(-c3ccc4c(c3)C(=O)N(C(C(=O)Nc3nccs3)c3cc(F)ccc3O)C4)cc2)CC1. The number of thiazole rings is 2. The van der Waals surface area contributed by atoms with Gasteiger partial charge in [-0.1, -0.05) is 122 Å². The summed E-state index contributed by atoms with van der Waals surface area (Å²) < 4.78 is 34.6. The van der Waals surface area contributed by atoms with Crippen molar-refractivity contribution in [3.8, 4) is 33.8 Å². The molecule has 6 aromatic carbocycles. The van der Waals surface area contributed by atoms with E-state index in [0.717, 1.165) is 142 Å². The van der Waals surface area contributed by atoms with Crippen molar-refractivity contribution in [1.29, 1.82) is 0 Å². The molecule has 0 radical (unpaired) electrons. The Balaban J connectivity index is 0.000000200. The van der Waals surface area contributed by atoms with Gasteiger partial charge in [0.1, 0.15) is 35.2 Å². The maximum atomic E-state index is 14.4. The predicted molar refractivity (Wildman–Crippen MR) is 391 cm³/mol. The number of nitrogens with one attached hydrogen (secondary N) is 2. The van der Waals surface area contributed by atoms with Gasteiger partial charge in [-0.05, 0) is 143 Å². The average molecular weight is 1380 g/mol. The lowest BCUT2D eigenvalue weighted by Gasteiger charge is -2.36. The molecule has 4 amide bonds. The lowest BCUT2D eigenvalue weighted by molar-refractivity contribution is -0.121. The summed E-state index contributed by atoms with van der Waals surface area (Å²) in [6.45, 7) is 25.7. The summed E-state index contributed by atoms with van der Waals surface area (Å²) >= 11 is 2.45. The van der Waals surface area contributed by atoms with Crippen LogP contribution in [0.25, 0.3) is 22.3 Å². The summed E-state index contributed by atoms with van der Waals surface area (Å²) in [7, 11) is 0. The highest BCUT2D eigenvalue weighted by atomic mass is 32.1. The Morgan fingerprint density at radius 1 is 0.505 bits per heavy atom. The Hall–Kier alpha value is -8.60. The number of fused-ring (bicyclic) bond motifs is 2.